The van der Waals surface area contributed by atoms with Crippen molar-refractivity contribution in [3.05, 3.63) is 18.1 Å². The van der Waals surface area contributed by atoms with Gasteiger partial charge in [-0.05, 0) is 37.0 Å². The molecule has 2 aliphatic carbocycles. The summed E-state index contributed by atoms with van der Waals surface area (Å²) in [4.78, 5) is 8.66. The molecule has 3 rings (SSSR count). The number of hydrogen-bond donors (Lipinski definition) is 1. The number of fused-ring (bicyclic) bond motifs is 2. The van der Waals surface area contributed by atoms with Crippen LogP contribution < -0.4 is 5.32 Å². The fourth-order valence-electron chi connectivity index (χ4n) is 3.38. The lowest BCUT2D eigenvalue weighted by Crippen LogP contribution is -2.26. The third-order valence-corrected chi connectivity index (χ3v) is 4.35. The van der Waals surface area contributed by atoms with Crippen LogP contribution in [0.2, 0.25) is 0 Å². The van der Waals surface area contributed by atoms with Gasteiger partial charge < -0.3 is 5.32 Å². The smallest absolute Gasteiger partial charge is 0.129 e. The van der Waals surface area contributed by atoms with Crippen molar-refractivity contribution < 1.29 is 0 Å². The summed E-state index contributed by atoms with van der Waals surface area (Å²) < 4.78 is 0. The summed E-state index contributed by atoms with van der Waals surface area (Å²) in [6.45, 7) is 4.34. The lowest BCUT2D eigenvalue weighted by atomic mass is 9.95. The zero-order valence-corrected chi connectivity index (χ0v) is 10.7. The summed E-state index contributed by atoms with van der Waals surface area (Å²) in [7, 11) is 0. The normalized spacial score (nSPS) is 31.1. The molecule has 1 heterocycles. The van der Waals surface area contributed by atoms with Gasteiger partial charge in [-0.3, -0.25) is 0 Å². The summed E-state index contributed by atoms with van der Waals surface area (Å²) in [6, 6.07) is 2.76. The molecule has 3 heteroatoms. The highest BCUT2D eigenvalue weighted by Crippen LogP contribution is 2.45. The maximum absolute atomic E-state index is 4.35. The monoisotopic (exact) mass is 231 g/mol. The SMILES string of the molecule is CC(C)c1cc(NC2CC3CCC2C3)ncn1. The van der Waals surface area contributed by atoms with Crippen LogP contribution in [0.15, 0.2) is 12.4 Å². The second-order valence-electron chi connectivity index (χ2n) is 5.91. The Morgan fingerprint density at radius 1 is 1.24 bits per heavy atom. The summed E-state index contributed by atoms with van der Waals surface area (Å²) >= 11 is 0. The molecule has 3 nitrogen and oxygen atoms in total. The predicted octanol–water partition coefficient (Wildman–Crippen LogP) is 3.20. The second kappa shape index (κ2) is 4.28. The Morgan fingerprint density at radius 2 is 2.12 bits per heavy atom. The number of hydrogen-bond acceptors (Lipinski definition) is 3. The molecule has 0 aliphatic heterocycles. The minimum Gasteiger partial charge on any atom is -0.367 e. The molecule has 0 amide bonds. The molecule has 0 saturated heterocycles. The van der Waals surface area contributed by atoms with Gasteiger partial charge in [0.25, 0.3) is 0 Å². The van der Waals surface area contributed by atoms with E-state index >= 15 is 0 Å². The number of anilines is 1. The standard InChI is InChI=1S/C14H21N3/c1-9(2)12-7-14(16-8-15-12)17-13-6-10-3-4-11(13)5-10/h7-11,13H,3-6H2,1-2H3,(H,15,16,17). The van der Waals surface area contributed by atoms with Crippen molar-refractivity contribution in [2.24, 2.45) is 11.8 Å². The van der Waals surface area contributed by atoms with Gasteiger partial charge in [-0.2, -0.15) is 0 Å². The van der Waals surface area contributed by atoms with Crippen molar-refractivity contribution in [1.82, 2.24) is 9.97 Å². The molecule has 17 heavy (non-hydrogen) atoms. The van der Waals surface area contributed by atoms with Crippen LogP contribution in [0.3, 0.4) is 0 Å². The maximum atomic E-state index is 4.35. The van der Waals surface area contributed by atoms with E-state index in [1.807, 2.05) is 0 Å². The van der Waals surface area contributed by atoms with Crippen molar-refractivity contribution in [2.75, 3.05) is 5.32 Å². The van der Waals surface area contributed by atoms with Gasteiger partial charge in [-0.15, -0.1) is 0 Å². The van der Waals surface area contributed by atoms with Crippen LogP contribution in [0.25, 0.3) is 0 Å². The first-order valence-electron chi connectivity index (χ1n) is 6.81. The molecule has 0 aromatic carbocycles. The lowest BCUT2D eigenvalue weighted by Gasteiger charge is -2.23. The largest absolute Gasteiger partial charge is 0.367 e. The topological polar surface area (TPSA) is 37.8 Å². The number of nitrogens with zero attached hydrogens (tertiary/aromatic N) is 2. The van der Waals surface area contributed by atoms with Crippen molar-refractivity contribution in [3.63, 3.8) is 0 Å². The van der Waals surface area contributed by atoms with Gasteiger partial charge in [0.15, 0.2) is 0 Å². The van der Waals surface area contributed by atoms with Gasteiger partial charge in [-0.25, -0.2) is 9.97 Å². The van der Waals surface area contributed by atoms with Crippen molar-refractivity contribution in [3.8, 4) is 0 Å². The summed E-state index contributed by atoms with van der Waals surface area (Å²) in [5.41, 5.74) is 1.13. The van der Waals surface area contributed by atoms with E-state index < -0.39 is 0 Å². The van der Waals surface area contributed by atoms with E-state index in [0.717, 1.165) is 23.3 Å². The Balaban J connectivity index is 1.70. The van der Waals surface area contributed by atoms with E-state index in [4.69, 9.17) is 0 Å². The maximum Gasteiger partial charge on any atom is 0.129 e. The first-order valence-corrected chi connectivity index (χ1v) is 6.81. The van der Waals surface area contributed by atoms with E-state index in [1.165, 1.54) is 25.7 Å². The highest BCUT2D eigenvalue weighted by molar-refractivity contribution is 5.37. The van der Waals surface area contributed by atoms with E-state index in [2.05, 4.69) is 35.2 Å². The van der Waals surface area contributed by atoms with Crippen molar-refractivity contribution >= 4 is 5.82 Å². The zero-order chi connectivity index (χ0) is 11.8. The second-order valence-corrected chi connectivity index (χ2v) is 5.91. The molecule has 1 N–H and O–H groups in total. The third-order valence-electron chi connectivity index (χ3n) is 4.35. The lowest BCUT2D eigenvalue weighted by molar-refractivity contribution is 0.439. The first kappa shape index (κ1) is 11.0. The van der Waals surface area contributed by atoms with E-state index in [9.17, 15) is 0 Å². The molecule has 1 aromatic rings. The molecule has 3 atom stereocenters. The van der Waals surface area contributed by atoms with Crippen LogP contribution in [-0.2, 0) is 0 Å². The van der Waals surface area contributed by atoms with Crippen LogP contribution >= 0.6 is 0 Å². The van der Waals surface area contributed by atoms with E-state index in [1.54, 1.807) is 6.33 Å². The van der Waals surface area contributed by atoms with Gasteiger partial charge in [0.05, 0.1) is 0 Å². The zero-order valence-electron chi connectivity index (χ0n) is 10.7. The molecular weight excluding hydrogens is 210 g/mol. The Bertz CT molecular complexity index is 402. The summed E-state index contributed by atoms with van der Waals surface area (Å²) in [5.74, 6) is 3.35. The summed E-state index contributed by atoms with van der Waals surface area (Å²) in [6.07, 6.45) is 7.31. The van der Waals surface area contributed by atoms with E-state index in [-0.39, 0.29) is 0 Å². The van der Waals surface area contributed by atoms with Gasteiger partial charge >= 0.3 is 0 Å². The fraction of sp³-hybridized carbons (Fsp3) is 0.714. The van der Waals surface area contributed by atoms with Crippen LogP contribution in [0.1, 0.15) is 51.1 Å². The van der Waals surface area contributed by atoms with Gasteiger partial charge in [0.2, 0.25) is 0 Å². The number of aromatic nitrogens is 2. The molecule has 0 radical (unpaired) electrons. The molecule has 92 valence electrons. The molecule has 3 unspecified atom stereocenters. The van der Waals surface area contributed by atoms with Crippen LogP contribution in [0.4, 0.5) is 5.82 Å². The quantitative estimate of drug-likeness (QED) is 0.868. The Labute approximate surface area is 103 Å². The predicted molar refractivity (Wildman–Crippen MR) is 69.0 cm³/mol. The molecule has 2 saturated carbocycles. The Morgan fingerprint density at radius 3 is 2.76 bits per heavy atom. The molecular formula is C14H21N3. The van der Waals surface area contributed by atoms with Crippen LogP contribution in [0.5, 0.6) is 0 Å². The van der Waals surface area contributed by atoms with Crippen LogP contribution in [-0.4, -0.2) is 16.0 Å². The van der Waals surface area contributed by atoms with Crippen molar-refractivity contribution in [2.45, 2.75) is 51.5 Å². The highest BCUT2D eigenvalue weighted by Gasteiger charge is 2.39. The van der Waals surface area contributed by atoms with Crippen molar-refractivity contribution in [1.29, 1.82) is 0 Å². The molecule has 0 spiro atoms. The average molecular weight is 231 g/mol. The molecule has 2 aliphatic rings. The molecule has 1 aromatic heterocycles. The van der Waals surface area contributed by atoms with Gasteiger partial charge in [0, 0.05) is 17.8 Å². The van der Waals surface area contributed by atoms with Gasteiger partial charge in [-0.1, -0.05) is 20.3 Å². The fourth-order valence-corrected chi connectivity index (χ4v) is 3.38. The first-order chi connectivity index (χ1) is 8.22. The molecule has 2 bridgehead atoms. The number of rotatable bonds is 3. The number of nitrogens with one attached hydrogen (secondary N) is 1. The molecule has 2 fully saturated rings. The summed E-state index contributed by atoms with van der Waals surface area (Å²) in [5, 5.41) is 3.62. The Hall–Kier alpha value is -1.12. The Kier molecular flexibility index (Phi) is 2.77. The average Bonchev–Trinajstić information content (AvgIpc) is 2.91. The van der Waals surface area contributed by atoms with Gasteiger partial charge in [0.1, 0.15) is 12.1 Å². The van der Waals surface area contributed by atoms with E-state index in [0.29, 0.717) is 12.0 Å². The minimum absolute atomic E-state index is 0.471. The van der Waals surface area contributed by atoms with Crippen LogP contribution in [0, 0.1) is 11.8 Å². The minimum atomic E-state index is 0.471. The third kappa shape index (κ3) is 2.15. The highest BCUT2D eigenvalue weighted by atomic mass is 15.0.